The molecule has 1 aromatic heterocycles. The van der Waals surface area contributed by atoms with Gasteiger partial charge in [0, 0.05) is 21.2 Å². The number of rotatable bonds is 5. The fraction of sp³-hybridized carbons (Fsp3) is 0.118. The van der Waals surface area contributed by atoms with Crippen LogP contribution in [0.1, 0.15) is 40.3 Å². The molecule has 4 aromatic carbocycles. The van der Waals surface area contributed by atoms with Gasteiger partial charge in [-0.2, -0.15) is 0 Å². The monoisotopic (exact) mass is 594 g/mol. The molecule has 41 heavy (non-hydrogen) atoms. The Kier molecular flexibility index (Phi) is 6.87. The molecule has 0 spiro atoms. The van der Waals surface area contributed by atoms with Gasteiger partial charge in [-0.1, -0.05) is 107 Å². The minimum absolute atomic E-state index is 0.0349. The molecule has 0 saturated carbocycles. The topological polar surface area (TPSA) is 43.6 Å². The number of nitrogens with zero attached hydrogens (tertiary/aromatic N) is 2. The van der Waals surface area contributed by atoms with Gasteiger partial charge in [0.15, 0.2) is 4.80 Å². The summed E-state index contributed by atoms with van der Waals surface area (Å²) in [5, 5.41) is 1.15. The highest BCUT2D eigenvalue weighted by Gasteiger charge is 2.32. The van der Waals surface area contributed by atoms with Gasteiger partial charge >= 0.3 is 0 Å². The Hall–Kier alpha value is -3.90. The maximum Gasteiger partial charge on any atom is 0.271 e. The summed E-state index contributed by atoms with van der Waals surface area (Å²) in [6, 6.07) is 31.6. The molecule has 202 valence electrons. The van der Waals surface area contributed by atoms with Gasteiger partial charge in [-0.05, 0) is 65.4 Å². The third-order valence-electron chi connectivity index (χ3n) is 7.55. The van der Waals surface area contributed by atoms with Crippen molar-refractivity contribution in [2.45, 2.75) is 25.5 Å². The zero-order chi connectivity index (χ0) is 27.9. The van der Waals surface area contributed by atoms with E-state index in [4.69, 9.17) is 32.9 Å². The Morgan fingerprint density at radius 3 is 2.61 bits per heavy atom. The molecule has 7 rings (SSSR count). The van der Waals surface area contributed by atoms with Gasteiger partial charge in [-0.25, -0.2) is 4.99 Å². The van der Waals surface area contributed by atoms with Crippen LogP contribution in [0.25, 0.3) is 11.8 Å². The first kappa shape index (κ1) is 26.0. The maximum atomic E-state index is 14.0. The molecule has 1 aliphatic heterocycles. The molecular weight excluding hydrogens is 571 g/mol. The van der Waals surface area contributed by atoms with Crippen molar-refractivity contribution in [2.75, 3.05) is 0 Å². The van der Waals surface area contributed by atoms with Crippen molar-refractivity contribution in [3.63, 3.8) is 0 Å². The number of halogens is 2. The first-order chi connectivity index (χ1) is 20.0. The molecule has 5 aromatic rings. The van der Waals surface area contributed by atoms with Crippen LogP contribution in [0, 0.1) is 0 Å². The average Bonchev–Trinajstić information content (AvgIpc) is 3.30. The van der Waals surface area contributed by atoms with E-state index < -0.39 is 0 Å². The van der Waals surface area contributed by atoms with Crippen molar-refractivity contribution in [1.82, 2.24) is 4.57 Å². The first-order valence-corrected chi connectivity index (χ1v) is 15.0. The summed E-state index contributed by atoms with van der Waals surface area (Å²) in [4.78, 5) is 19.8. The van der Waals surface area contributed by atoms with E-state index >= 15 is 0 Å². The number of thiazole rings is 1. The lowest BCUT2D eigenvalue weighted by atomic mass is 9.83. The van der Waals surface area contributed by atoms with E-state index in [1.54, 1.807) is 12.1 Å². The second kappa shape index (κ2) is 10.8. The van der Waals surface area contributed by atoms with Crippen LogP contribution in [0.2, 0.25) is 10.0 Å². The van der Waals surface area contributed by atoms with E-state index in [0.717, 1.165) is 45.6 Å². The summed E-state index contributed by atoms with van der Waals surface area (Å²) >= 11 is 13.8. The van der Waals surface area contributed by atoms with Crippen molar-refractivity contribution in [1.29, 1.82) is 0 Å². The van der Waals surface area contributed by atoms with Crippen molar-refractivity contribution >= 4 is 46.3 Å². The van der Waals surface area contributed by atoms with E-state index in [1.165, 1.54) is 22.5 Å². The number of allylic oxidation sites excluding steroid dienone is 1. The lowest BCUT2D eigenvalue weighted by Gasteiger charge is -2.30. The predicted molar refractivity (Wildman–Crippen MR) is 166 cm³/mol. The van der Waals surface area contributed by atoms with E-state index in [2.05, 4.69) is 36.4 Å². The third-order valence-corrected chi connectivity index (χ3v) is 9.12. The highest BCUT2D eigenvalue weighted by Crippen LogP contribution is 2.41. The summed E-state index contributed by atoms with van der Waals surface area (Å²) < 4.78 is 8.53. The van der Waals surface area contributed by atoms with Gasteiger partial charge in [0.2, 0.25) is 0 Å². The molecule has 0 unspecified atom stereocenters. The van der Waals surface area contributed by atoms with E-state index in [9.17, 15) is 4.79 Å². The number of hydrogen-bond donors (Lipinski definition) is 0. The molecule has 0 bridgehead atoms. The van der Waals surface area contributed by atoms with Crippen LogP contribution in [0.3, 0.4) is 0 Å². The molecule has 0 saturated heterocycles. The van der Waals surface area contributed by atoms with Gasteiger partial charge in [0.25, 0.3) is 5.56 Å². The number of aromatic nitrogens is 1. The highest BCUT2D eigenvalue weighted by atomic mass is 35.5. The summed E-state index contributed by atoms with van der Waals surface area (Å²) in [5.41, 5.74) is 7.46. The van der Waals surface area contributed by atoms with Crippen molar-refractivity contribution < 1.29 is 4.74 Å². The standard InChI is InChI=1S/C34H24Cl2N2O2S/c35-25-15-13-24(29(36)19-25)20-40-26-11-6-7-21(17-26)18-30-33(39)38-32(23-9-2-1-3-10-23)28-16-14-22-8-4-5-12-27(22)31(28)37-34(38)41-30/h1-13,15,17-19,32H,14,16,20H2/b30-18+/t32-/m1/s1. The fourth-order valence-electron chi connectivity index (χ4n) is 5.60. The normalized spacial score (nSPS) is 16.0. The summed E-state index contributed by atoms with van der Waals surface area (Å²) in [6.07, 6.45) is 3.73. The van der Waals surface area contributed by atoms with Gasteiger partial charge in [-0.3, -0.25) is 9.36 Å². The summed E-state index contributed by atoms with van der Waals surface area (Å²) in [6.45, 7) is 0.311. The molecule has 0 radical (unpaired) electrons. The molecule has 2 aliphatic rings. The SMILES string of the molecule is O=c1/c(=C\c2cccc(OCc3ccc(Cl)cc3Cl)c2)sc2n1[C@H](c1ccccc1)C1=C(N=2)c2ccccc2CC1. The number of benzene rings is 4. The second-order valence-electron chi connectivity index (χ2n) is 10.1. The van der Waals surface area contributed by atoms with Crippen LogP contribution in [-0.4, -0.2) is 4.57 Å². The summed E-state index contributed by atoms with van der Waals surface area (Å²) in [7, 11) is 0. The largest absolute Gasteiger partial charge is 0.489 e. The number of ether oxygens (including phenoxy) is 1. The third kappa shape index (κ3) is 4.95. The fourth-order valence-corrected chi connectivity index (χ4v) is 7.07. The zero-order valence-corrected chi connectivity index (χ0v) is 24.2. The van der Waals surface area contributed by atoms with Crippen LogP contribution in [0.4, 0.5) is 0 Å². The van der Waals surface area contributed by atoms with Gasteiger partial charge in [0.05, 0.1) is 16.3 Å². The van der Waals surface area contributed by atoms with Gasteiger partial charge in [-0.15, -0.1) is 0 Å². The van der Waals surface area contributed by atoms with Crippen LogP contribution in [0.5, 0.6) is 5.75 Å². The Morgan fingerprint density at radius 2 is 1.76 bits per heavy atom. The molecule has 2 heterocycles. The molecule has 4 nitrogen and oxygen atoms in total. The van der Waals surface area contributed by atoms with Crippen LogP contribution < -0.4 is 19.6 Å². The number of aryl methyl sites for hydroxylation is 1. The maximum absolute atomic E-state index is 14.0. The molecule has 7 heteroatoms. The minimum atomic E-state index is -0.184. The number of hydrogen-bond acceptors (Lipinski definition) is 4. The Balaban J connectivity index is 1.29. The van der Waals surface area contributed by atoms with Crippen LogP contribution in [0.15, 0.2) is 112 Å². The second-order valence-corrected chi connectivity index (χ2v) is 12.0. The Labute approximate surface area is 251 Å². The first-order valence-electron chi connectivity index (χ1n) is 13.4. The quantitative estimate of drug-likeness (QED) is 0.216. The molecule has 1 atom stereocenters. The Bertz CT molecular complexity index is 2010. The Morgan fingerprint density at radius 1 is 0.927 bits per heavy atom. The lowest BCUT2D eigenvalue weighted by molar-refractivity contribution is 0.306. The molecule has 0 fully saturated rings. The minimum Gasteiger partial charge on any atom is -0.489 e. The van der Waals surface area contributed by atoms with Crippen molar-refractivity contribution in [3.05, 3.63) is 160 Å². The molecule has 1 aliphatic carbocycles. The average molecular weight is 596 g/mol. The van der Waals surface area contributed by atoms with Crippen LogP contribution >= 0.6 is 34.5 Å². The highest BCUT2D eigenvalue weighted by molar-refractivity contribution is 7.07. The van der Waals surface area contributed by atoms with Gasteiger partial charge < -0.3 is 4.74 Å². The zero-order valence-electron chi connectivity index (χ0n) is 21.9. The van der Waals surface area contributed by atoms with Crippen molar-refractivity contribution in [3.8, 4) is 5.75 Å². The summed E-state index contributed by atoms with van der Waals surface area (Å²) in [5.74, 6) is 0.687. The molecule has 0 amide bonds. The van der Waals surface area contributed by atoms with E-state index in [-0.39, 0.29) is 11.6 Å². The predicted octanol–water partition coefficient (Wildman–Crippen LogP) is 7.20. The van der Waals surface area contributed by atoms with E-state index in [1.807, 2.05) is 59.2 Å². The lowest BCUT2D eigenvalue weighted by Crippen LogP contribution is -2.38. The van der Waals surface area contributed by atoms with E-state index in [0.29, 0.717) is 26.9 Å². The van der Waals surface area contributed by atoms with Crippen LogP contribution in [-0.2, 0) is 13.0 Å². The van der Waals surface area contributed by atoms with Gasteiger partial charge in [0.1, 0.15) is 12.4 Å². The smallest absolute Gasteiger partial charge is 0.271 e. The molecular formula is C34H24Cl2N2O2S. The number of fused-ring (bicyclic) bond motifs is 3. The molecule has 0 N–H and O–H groups in total. The van der Waals surface area contributed by atoms with Crippen molar-refractivity contribution in [2.24, 2.45) is 4.99 Å².